The smallest absolute Gasteiger partial charge is 0.267 e. The molecule has 1 heterocycles. The fourth-order valence-corrected chi connectivity index (χ4v) is 2.35. The van der Waals surface area contributed by atoms with E-state index < -0.39 is 46.6 Å². The highest BCUT2D eigenvalue weighted by molar-refractivity contribution is 7.85. The molecule has 5 N–H and O–H groups in total. The highest BCUT2D eigenvalue weighted by Crippen LogP contribution is 2.23. The quantitative estimate of drug-likeness (QED) is 0.256. The lowest BCUT2D eigenvalue weighted by molar-refractivity contribution is -0.292. The molecule has 10 heteroatoms. The molecule has 5 atom stereocenters. The van der Waals surface area contributed by atoms with Gasteiger partial charge in [-0.15, -0.1) is 0 Å². The van der Waals surface area contributed by atoms with Crippen LogP contribution < -0.4 is 0 Å². The van der Waals surface area contributed by atoms with E-state index in [0.29, 0.717) is 0 Å². The second-order valence-corrected chi connectivity index (χ2v) is 5.71. The van der Waals surface area contributed by atoms with Gasteiger partial charge in [0.15, 0.2) is 6.29 Å². The van der Waals surface area contributed by atoms with Crippen molar-refractivity contribution in [3.63, 3.8) is 0 Å². The Morgan fingerprint density at radius 2 is 1.74 bits per heavy atom. The lowest BCUT2D eigenvalue weighted by Gasteiger charge is -2.39. The third-order valence-electron chi connectivity index (χ3n) is 2.63. The molecule has 1 aliphatic rings. The highest BCUT2D eigenvalue weighted by Gasteiger charge is 2.45. The average Bonchev–Trinajstić information content (AvgIpc) is 2.30. The zero-order valence-electron chi connectivity index (χ0n) is 9.99. The van der Waals surface area contributed by atoms with Gasteiger partial charge < -0.3 is 29.9 Å². The summed E-state index contributed by atoms with van der Waals surface area (Å²) in [6.45, 7) is -0.137. The van der Waals surface area contributed by atoms with E-state index in [2.05, 4.69) is 0 Å². The number of hydrogen-bond donors (Lipinski definition) is 5. The van der Waals surface area contributed by atoms with Crippen LogP contribution in [0.15, 0.2) is 0 Å². The van der Waals surface area contributed by atoms with Crippen molar-refractivity contribution in [2.45, 2.75) is 37.1 Å². The number of ether oxygens (including phenoxy) is 2. The summed E-state index contributed by atoms with van der Waals surface area (Å²) >= 11 is 0. The van der Waals surface area contributed by atoms with Gasteiger partial charge in [0.1, 0.15) is 30.2 Å². The van der Waals surface area contributed by atoms with Gasteiger partial charge in [-0.2, -0.15) is 8.42 Å². The summed E-state index contributed by atoms with van der Waals surface area (Å²) in [5.41, 5.74) is 0. The van der Waals surface area contributed by atoms with Crippen molar-refractivity contribution >= 4 is 10.1 Å². The lowest BCUT2D eigenvalue weighted by Crippen LogP contribution is -2.59. The van der Waals surface area contributed by atoms with Crippen LogP contribution in [0.1, 0.15) is 6.42 Å². The molecular weight excluding hydrogens is 284 g/mol. The summed E-state index contributed by atoms with van der Waals surface area (Å²) in [6.07, 6.45) is -7.42. The van der Waals surface area contributed by atoms with Gasteiger partial charge in [-0.3, -0.25) is 4.55 Å². The second kappa shape index (κ2) is 6.90. The molecule has 0 aromatic rings. The molecule has 0 saturated carbocycles. The number of aliphatic hydroxyl groups is 4. The largest absolute Gasteiger partial charge is 0.396 e. The van der Waals surface area contributed by atoms with Gasteiger partial charge in [0.25, 0.3) is 10.1 Å². The molecule has 19 heavy (non-hydrogen) atoms. The van der Waals surface area contributed by atoms with E-state index in [1.807, 2.05) is 0 Å². The minimum Gasteiger partial charge on any atom is -0.396 e. The molecular formula is C9H18O9S. The third kappa shape index (κ3) is 4.93. The van der Waals surface area contributed by atoms with Gasteiger partial charge in [0.05, 0.1) is 6.61 Å². The van der Waals surface area contributed by atoms with Gasteiger partial charge >= 0.3 is 0 Å². The van der Waals surface area contributed by atoms with Crippen molar-refractivity contribution in [3.05, 3.63) is 0 Å². The molecule has 0 aliphatic carbocycles. The van der Waals surface area contributed by atoms with Gasteiger partial charge in [-0.25, -0.2) is 0 Å². The van der Waals surface area contributed by atoms with Gasteiger partial charge in [-0.05, 0) is 6.42 Å². The Labute approximate surface area is 110 Å². The molecule has 0 spiro atoms. The molecule has 1 aliphatic heterocycles. The predicted molar refractivity (Wildman–Crippen MR) is 60.8 cm³/mol. The Balaban J connectivity index is 2.68. The molecule has 1 fully saturated rings. The van der Waals surface area contributed by atoms with E-state index >= 15 is 0 Å². The Bertz CT molecular complexity index is 370. The standard InChI is InChI=1S/C9H18O9S/c10-2-1-3-17-9-8(13)7(12)6(11)5(18-9)4-19(14,15)16/h5-13H,1-4H2,(H,14,15,16)/t5-,6-,7+,8-,9?/m1/s1. The van der Waals surface area contributed by atoms with E-state index in [0.717, 1.165) is 0 Å². The van der Waals surface area contributed by atoms with E-state index in [1.54, 1.807) is 0 Å². The van der Waals surface area contributed by atoms with Gasteiger partial charge in [0.2, 0.25) is 0 Å². The molecule has 1 unspecified atom stereocenters. The van der Waals surface area contributed by atoms with Crippen molar-refractivity contribution in [2.24, 2.45) is 0 Å². The maximum atomic E-state index is 10.7. The Morgan fingerprint density at radius 3 is 2.26 bits per heavy atom. The summed E-state index contributed by atoms with van der Waals surface area (Å²) in [5.74, 6) is -0.933. The zero-order chi connectivity index (χ0) is 14.6. The lowest BCUT2D eigenvalue weighted by atomic mass is 10.00. The first kappa shape index (κ1) is 16.7. The number of rotatable bonds is 6. The molecule has 1 saturated heterocycles. The highest BCUT2D eigenvalue weighted by atomic mass is 32.2. The zero-order valence-corrected chi connectivity index (χ0v) is 10.8. The maximum absolute atomic E-state index is 10.7. The van der Waals surface area contributed by atoms with Crippen LogP contribution in [0.25, 0.3) is 0 Å². The van der Waals surface area contributed by atoms with E-state index in [4.69, 9.17) is 19.1 Å². The fourth-order valence-electron chi connectivity index (χ4n) is 1.66. The van der Waals surface area contributed by atoms with Crippen LogP contribution in [0.5, 0.6) is 0 Å². The Hall–Kier alpha value is -0.330. The molecule has 0 bridgehead atoms. The molecule has 0 aromatic heterocycles. The first-order valence-corrected chi connectivity index (χ1v) is 7.24. The van der Waals surface area contributed by atoms with Crippen LogP contribution in [0.2, 0.25) is 0 Å². The van der Waals surface area contributed by atoms with Crippen molar-refractivity contribution in [1.29, 1.82) is 0 Å². The minimum atomic E-state index is -4.42. The maximum Gasteiger partial charge on any atom is 0.267 e. The van der Waals surface area contributed by atoms with E-state index in [1.165, 1.54) is 0 Å². The van der Waals surface area contributed by atoms with Gasteiger partial charge in [0, 0.05) is 6.61 Å². The monoisotopic (exact) mass is 302 g/mol. The molecule has 0 amide bonds. The first-order chi connectivity index (χ1) is 8.76. The van der Waals surface area contributed by atoms with Crippen molar-refractivity contribution in [1.82, 2.24) is 0 Å². The van der Waals surface area contributed by atoms with Crippen LogP contribution in [0.3, 0.4) is 0 Å². The summed E-state index contributed by atoms with van der Waals surface area (Å²) in [6, 6.07) is 0. The number of aliphatic hydroxyl groups excluding tert-OH is 4. The van der Waals surface area contributed by atoms with Gasteiger partial charge in [-0.1, -0.05) is 0 Å². The normalized spacial score (nSPS) is 36.4. The average molecular weight is 302 g/mol. The third-order valence-corrected chi connectivity index (χ3v) is 3.38. The molecule has 9 nitrogen and oxygen atoms in total. The number of hydrogen-bond acceptors (Lipinski definition) is 8. The minimum absolute atomic E-state index is 0.0135. The Kier molecular flexibility index (Phi) is 6.08. The van der Waals surface area contributed by atoms with Crippen LogP contribution in [0, 0.1) is 0 Å². The van der Waals surface area contributed by atoms with Crippen LogP contribution in [-0.2, 0) is 19.6 Å². The van der Waals surface area contributed by atoms with Crippen molar-refractivity contribution in [2.75, 3.05) is 19.0 Å². The summed E-state index contributed by atoms with van der Waals surface area (Å²) < 4.78 is 40.2. The van der Waals surface area contributed by atoms with Crippen LogP contribution >= 0.6 is 0 Å². The van der Waals surface area contributed by atoms with Crippen molar-refractivity contribution < 1.29 is 42.9 Å². The molecule has 0 aromatic carbocycles. The predicted octanol–water partition coefficient (Wildman–Crippen LogP) is -2.92. The van der Waals surface area contributed by atoms with E-state index in [9.17, 15) is 23.7 Å². The molecule has 114 valence electrons. The molecule has 0 radical (unpaired) electrons. The van der Waals surface area contributed by atoms with Crippen LogP contribution in [-0.4, -0.2) is 83.1 Å². The summed E-state index contributed by atoms with van der Waals surface area (Å²) in [7, 11) is -4.42. The van der Waals surface area contributed by atoms with Crippen LogP contribution in [0.4, 0.5) is 0 Å². The first-order valence-electron chi connectivity index (χ1n) is 5.63. The topological polar surface area (TPSA) is 154 Å². The summed E-state index contributed by atoms with van der Waals surface area (Å²) in [4.78, 5) is 0. The SMILES string of the molecule is O=S(=O)(O)C[C@H]1OC(OCCCO)[C@H](O)[C@@H](O)[C@@H]1O. The Morgan fingerprint density at radius 1 is 1.11 bits per heavy atom. The fraction of sp³-hybridized carbons (Fsp3) is 1.00. The molecule has 1 rings (SSSR count). The van der Waals surface area contributed by atoms with Crippen molar-refractivity contribution in [3.8, 4) is 0 Å². The van der Waals surface area contributed by atoms with E-state index in [-0.39, 0.29) is 19.6 Å². The second-order valence-electron chi connectivity index (χ2n) is 4.21. The summed E-state index contributed by atoms with van der Waals surface area (Å²) in [5, 5.41) is 37.3.